The van der Waals surface area contributed by atoms with Gasteiger partial charge in [0.15, 0.2) is 0 Å². The second-order valence-electron chi connectivity index (χ2n) is 6.85. The summed E-state index contributed by atoms with van der Waals surface area (Å²) in [5.41, 5.74) is 0.196. The van der Waals surface area contributed by atoms with Crippen LogP contribution >= 0.6 is 0 Å². The lowest BCUT2D eigenvalue weighted by Crippen LogP contribution is -2.46. The molecule has 1 spiro atoms. The van der Waals surface area contributed by atoms with Crippen LogP contribution < -0.4 is 10.5 Å². The monoisotopic (exact) mass is 355 g/mol. The van der Waals surface area contributed by atoms with Gasteiger partial charge >= 0.3 is 0 Å². The average Bonchev–Trinajstić information content (AvgIpc) is 2.93. The van der Waals surface area contributed by atoms with Crippen molar-refractivity contribution in [1.82, 2.24) is 9.88 Å². The summed E-state index contributed by atoms with van der Waals surface area (Å²) in [6, 6.07) is 16.9. The number of rotatable bonds is 1. The van der Waals surface area contributed by atoms with Gasteiger partial charge in [0.1, 0.15) is 11.4 Å². The van der Waals surface area contributed by atoms with Gasteiger partial charge in [0, 0.05) is 35.9 Å². The zero-order valence-corrected chi connectivity index (χ0v) is 14.7. The maximum absolute atomic E-state index is 13.7. The van der Waals surface area contributed by atoms with E-state index in [0.29, 0.717) is 22.2 Å². The van der Waals surface area contributed by atoms with E-state index in [0.717, 1.165) is 5.69 Å². The number of pyridine rings is 1. The zero-order chi connectivity index (χ0) is 18.6. The number of Topliss-reactive ketones (excluding diaryl/α,β-unsaturated/α-hetero) is 1. The minimum atomic E-state index is -0.997. The number of anilines is 2. The molecular formula is C22H17N3O2. The number of benzene rings is 2. The van der Waals surface area contributed by atoms with E-state index in [1.807, 2.05) is 89.9 Å². The first kappa shape index (κ1) is 15.6. The van der Waals surface area contributed by atoms with Gasteiger partial charge in [0.2, 0.25) is 5.78 Å². The molecule has 0 unspecified atom stereocenters. The minimum absolute atomic E-state index is 0.0468. The Morgan fingerprint density at radius 3 is 2.19 bits per heavy atom. The van der Waals surface area contributed by atoms with Gasteiger partial charge in [-0.3, -0.25) is 9.59 Å². The van der Waals surface area contributed by atoms with Crippen LogP contribution in [0, 0.1) is 0 Å². The Morgan fingerprint density at radius 2 is 1.48 bits per heavy atom. The summed E-state index contributed by atoms with van der Waals surface area (Å²) >= 11 is 0. The second kappa shape index (κ2) is 5.45. The van der Waals surface area contributed by atoms with E-state index < -0.39 is 5.54 Å². The van der Waals surface area contributed by atoms with Crippen LogP contribution in [0.15, 0.2) is 83.9 Å². The molecule has 3 aromatic rings. The lowest BCUT2D eigenvalue weighted by atomic mass is 9.89. The molecular weight excluding hydrogens is 338 g/mol. The topological polar surface area (TPSA) is 56.4 Å². The fourth-order valence-corrected chi connectivity index (χ4v) is 3.94. The number of aromatic nitrogens is 1. The van der Waals surface area contributed by atoms with Gasteiger partial charge in [-0.15, -0.1) is 0 Å². The summed E-state index contributed by atoms with van der Waals surface area (Å²) in [6.07, 6.45) is 7.52. The van der Waals surface area contributed by atoms with E-state index in [-0.39, 0.29) is 11.3 Å². The van der Waals surface area contributed by atoms with E-state index in [1.165, 1.54) is 0 Å². The van der Waals surface area contributed by atoms with Gasteiger partial charge in [0.05, 0.1) is 5.56 Å². The van der Waals surface area contributed by atoms with Crippen molar-refractivity contribution in [1.29, 1.82) is 0 Å². The number of ketones is 1. The maximum atomic E-state index is 13.7. The van der Waals surface area contributed by atoms with Gasteiger partial charge in [0.25, 0.3) is 5.56 Å². The van der Waals surface area contributed by atoms with Crippen LogP contribution in [0.5, 0.6) is 0 Å². The van der Waals surface area contributed by atoms with Gasteiger partial charge in [-0.2, -0.15) is 0 Å². The fraction of sp³-hybridized carbons (Fsp3) is 0.0909. The standard InChI is InChI=1S/C22H17N3O2/c1-24-13-11-22(12-14-24)19(26)18-16-9-5-6-10-17(16)21(27)23-20(18)25(22)15-7-3-2-4-8-15/h2-14H,1H3,(H,23,27). The normalized spacial score (nSPS) is 17.1. The molecule has 2 aliphatic rings. The zero-order valence-electron chi connectivity index (χ0n) is 14.7. The number of para-hydroxylation sites is 1. The molecule has 0 bridgehead atoms. The summed E-state index contributed by atoms with van der Waals surface area (Å²) in [4.78, 5) is 33.2. The minimum Gasteiger partial charge on any atom is -0.358 e. The second-order valence-corrected chi connectivity index (χ2v) is 6.85. The highest BCUT2D eigenvalue weighted by Gasteiger charge is 2.51. The third kappa shape index (κ3) is 2.05. The van der Waals surface area contributed by atoms with Crippen molar-refractivity contribution in [3.8, 4) is 0 Å². The van der Waals surface area contributed by atoms with Crippen LogP contribution in [-0.4, -0.2) is 28.3 Å². The molecule has 0 saturated carbocycles. The van der Waals surface area contributed by atoms with Crippen LogP contribution in [0.25, 0.3) is 10.8 Å². The molecule has 0 radical (unpaired) electrons. The number of nitrogens with zero attached hydrogens (tertiary/aromatic N) is 2. The van der Waals surface area contributed by atoms with Crippen molar-refractivity contribution < 1.29 is 4.79 Å². The molecule has 5 heteroatoms. The molecule has 27 heavy (non-hydrogen) atoms. The third-order valence-corrected chi connectivity index (χ3v) is 5.24. The molecule has 2 aliphatic heterocycles. The molecule has 2 aromatic carbocycles. The molecule has 1 aromatic heterocycles. The van der Waals surface area contributed by atoms with Crippen LogP contribution in [0.1, 0.15) is 10.4 Å². The molecule has 0 saturated heterocycles. The van der Waals surface area contributed by atoms with Crippen molar-refractivity contribution in [3.63, 3.8) is 0 Å². The molecule has 0 fully saturated rings. The Hall–Kier alpha value is -3.60. The first-order valence-corrected chi connectivity index (χ1v) is 8.77. The number of hydrogen-bond donors (Lipinski definition) is 1. The van der Waals surface area contributed by atoms with Crippen molar-refractivity contribution in [3.05, 3.63) is 95.1 Å². The largest absolute Gasteiger partial charge is 0.358 e. The van der Waals surface area contributed by atoms with Crippen LogP contribution in [-0.2, 0) is 0 Å². The highest BCUT2D eigenvalue weighted by atomic mass is 16.1. The number of nitrogens with one attached hydrogen (secondary N) is 1. The van der Waals surface area contributed by atoms with Crippen LogP contribution in [0.3, 0.4) is 0 Å². The molecule has 5 rings (SSSR count). The number of hydrogen-bond acceptors (Lipinski definition) is 4. The van der Waals surface area contributed by atoms with Gasteiger partial charge < -0.3 is 14.8 Å². The maximum Gasteiger partial charge on any atom is 0.257 e. The number of fused-ring (bicyclic) bond motifs is 3. The van der Waals surface area contributed by atoms with Gasteiger partial charge in [-0.25, -0.2) is 0 Å². The molecule has 0 atom stereocenters. The Labute approximate surface area is 155 Å². The quantitative estimate of drug-likeness (QED) is 0.725. The average molecular weight is 355 g/mol. The molecule has 0 amide bonds. The van der Waals surface area contributed by atoms with Crippen molar-refractivity contribution in [2.45, 2.75) is 5.54 Å². The lowest BCUT2D eigenvalue weighted by molar-refractivity contribution is 0.0959. The highest BCUT2D eigenvalue weighted by Crippen LogP contribution is 2.46. The van der Waals surface area contributed by atoms with E-state index in [2.05, 4.69) is 4.98 Å². The highest BCUT2D eigenvalue weighted by molar-refractivity contribution is 6.24. The molecule has 0 aliphatic carbocycles. The summed E-state index contributed by atoms with van der Waals surface area (Å²) < 4.78 is 0. The lowest BCUT2D eigenvalue weighted by Gasteiger charge is -2.36. The summed E-state index contributed by atoms with van der Waals surface area (Å²) in [6.45, 7) is 0. The first-order chi connectivity index (χ1) is 13.1. The smallest absolute Gasteiger partial charge is 0.257 e. The first-order valence-electron chi connectivity index (χ1n) is 8.77. The Kier molecular flexibility index (Phi) is 3.15. The van der Waals surface area contributed by atoms with E-state index in [1.54, 1.807) is 6.07 Å². The van der Waals surface area contributed by atoms with Gasteiger partial charge in [-0.05, 0) is 30.4 Å². The fourth-order valence-electron chi connectivity index (χ4n) is 3.94. The third-order valence-electron chi connectivity index (χ3n) is 5.24. The predicted molar refractivity (Wildman–Crippen MR) is 106 cm³/mol. The Balaban J connectivity index is 1.88. The number of carbonyl (C=O) groups is 1. The summed E-state index contributed by atoms with van der Waals surface area (Å²) in [5.74, 6) is 0.489. The van der Waals surface area contributed by atoms with Gasteiger partial charge in [-0.1, -0.05) is 36.4 Å². The SMILES string of the molecule is CN1C=CC2(C=C1)C(=O)c1c([nH]c(=O)c3ccccc13)N2c1ccccc1. The molecule has 3 heterocycles. The van der Waals surface area contributed by atoms with Crippen LogP contribution in [0.4, 0.5) is 11.5 Å². The van der Waals surface area contributed by atoms with E-state index >= 15 is 0 Å². The summed E-state index contributed by atoms with van der Waals surface area (Å²) in [7, 11) is 1.91. The predicted octanol–water partition coefficient (Wildman–Crippen LogP) is 3.57. The van der Waals surface area contributed by atoms with Crippen molar-refractivity contribution >= 4 is 28.1 Å². The van der Waals surface area contributed by atoms with Crippen LogP contribution in [0.2, 0.25) is 0 Å². The number of aromatic amines is 1. The van der Waals surface area contributed by atoms with E-state index in [9.17, 15) is 9.59 Å². The molecule has 5 nitrogen and oxygen atoms in total. The Bertz CT molecular complexity index is 1180. The number of H-pyrrole nitrogens is 1. The van der Waals surface area contributed by atoms with Crippen molar-refractivity contribution in [2.75, 3.05) is 11.9 Å². The molecule has 1 N–H and O–H groups in total. The number of carbonyl (C=O) groups excluding carboxylic acids is 1. The molecule has 132 valence electrons. The Morgan fingerprint density at radius 1 is 0.852 bits per heavy atom. The summed E-state index contributed by atoms with van der Waals surface area (Å²) in [5, 5.41) is 1.20. The van der Waals surface area contributed by atoms with E-state index in [4.69, 9.17) is 0 Å². The van der Waals surface area contributed by atoms with Crippen molar-refractivity contribution in [2.24, 2.45) is 0 Å².